The third-order valence-electron chi connectivity index (χ3n) is 3.34. The molecule has 0 bridgehead atoms. The molecule has 1 atom stereocenters. The minimum atomic E-state index is -4.83. The van der Waals surface area contributed by atoms with Crippen molar-refractivity contribution in [3.05, 3.63) is 24.3 Å². The first-order valence-corrected chi connectivity index (χ1v) is 8.68. The lowest BCUT2D eigenvalue weighted by molar-refractivity contribution is -0.274. The van der Waals surface area contributed by atoms with Gasteiger partial charge in [-0.3, -0.25) is 4.99 Å². The molecule has 0 fully saturated rings. The Bertz CT molecular complexity index is 685. The van der Waals surface area contributed by atoms with Gasteiger partial charge >= 0.3 is 12.5 Å². The molecule has 0 aliphatic carbocycles. The molecular weight excluding hydrogens is 377 g/mol. The number of alkyl halides is 3. The van der Waals surface area contributed by atoms with E-state index in [0.717, 1.165) is 6.07 Å². The molecule has 0 saturated heterocycles. The molecule has 10 heteroatoms. The van der Waals surface area contributed by atoms with Crippen LogP contribution in [0.15, 0.2) is 29.3 Å². The molecule has 0 radical (unpaired) electrons. The SMILES string of the molecule is CC(C)C(CN=C(N)Nc1ccccc1OC(F)(F)F)NC(=O)OC(C)(C)C. The molecule has 0 heterocycles. The number of carbonyl (C=O) groups is 1. The fourth-order valence-corrected chi connectivity index (χ4v) is 2.04. The number of amides is 1. The van der Waals surface area contributed by atoms with Crippen LogP contribution in [0.2, 0.25) is 0 Å². The van der Waals surface area contributed by atoms with Crippen molar-refractivity contribution in [2.24, 2.45) is 16.6 Å². The Labute approximate surface area is 162 Å². The summed E-state index contributed by atoms with van der Waals surface area (Å²) >= 11 is 0. The number of ether oxygens (including phenoxy) is 2. The van der Waals surface area contributed by atoms with Gasteiger partial charge in [0, 0.05) is 0 Å². The van der Waals surface area contributed by atoms with Gasteiger partial charge in [-0.25, -0.2) is 4.79 Å². The maximum absolute atomic E-state index is 12.5. The highest BCUT2D eigenvalue weighted by Gasteiger charge is 2.32. The van der Waals surface area contributed by atoms with Gasteiger partial charge in [0.05, 0.1) is 18.3 Å². The van der Waals surface area contributed by atoms with Crippen LogP contribution in [-0.2, 0) is 4.74 Å². The number of nitrogens with one attached hydrogen (secondary N) is 2. The standard InChI is InChI=1S/C18H27F3N4O3/c1-11(2)13(25-16(26)28-17(3,4)5)10-23-15(22)24-12-8-6-7-9-14(12)27-18(19,20)21/h6-9,11,13H,10H2,1-5H3,(H,25,26)(H3,22,23,24). The lowest BCUT2D eigenvalue weighted by atomic mass is 10.1. The number of nitrogens with zero attached hydrogens (tertiary/aromatic N) is 1. The minimum Gasteiger partial charge on any atom is -0.444 e. The Hall–Kier alpha value is -2.65. The number of rotatable bonds is 6. The summed E-state index contributed by atoms with van der Waals surface area (Å²) in [5, 5.41) is 5.29. The first kappa shape index (κ1) is 23.4. The summed E-state index contributed by atoms with van der Waals surface area (Å²) in [6, 6.07) is 5.09. The number of para-hydroxylation sites is 2. The van der Waals surface area contributed by atoms with Crippen LogP contribution >= 0.6 is 0 Å². The van der Waals surface area contributed by atoms with E-state index in [2.05, 4.69) is 20.4 Å². The van der Waals surface area contributed by atoms with Gasteiger partial charge < -0.3 is 25.8 Å². The Balaban J connectivity index is 2.78. The summed E-state index contributed by atoms with van der Waals surface area (Å²) in [7, 11) is 0. The number of hydrogen-bond donors (Lipinski definition) is 3. The number of anilines is 1. The summed E-state index contributed by atoms with van der Waals surface area (Å²) in [6.45, 7) is 9.12. The number of alkyl carbamates (subject to hydrolysis) is 1. The van der Waals surface area contributed by atoms with Crippen molar-refractivity contribution >= 4 is 17.7 Å². The topological polar surface area (TPSA) is 98.0 Å². The second kappa shape index (κ2) is 9.52. The van der Waals surface area contributed by atoms with Gasteiger partial charge in [0.25, 0.3) is 0 Å². The van der Waals surface area contributed by atoms with Crippen LogP contribution in [0.1, 0.15) is 34.6 Å². The minimum absolute atomic E-state index is 0.0160. The van der Waals surface area contributed by atoms with E-state index in [0.29, 0.717) is 0 Å². The number of benzene rings is 1. The Morgan fingerprint density at radius 1 is 1.21 bits per heavy atom. The van der Waals surface area contributed by atoms with Crippen molar-refractivity contribution in [1.82, 2.24) is 5.32 Å². The number of carbonyl (C=O) groups excluding carboxylic acids is 1. The zero-order valence-electron chi connectivity index (χ0n) is 16.6. The van der Waals surface area contributed by atoms with Gasteiger partial charge in [-0.2, -0.15) is 0 Å². The predicted octanol–water partition coefficient (Wildman–Crippen LogP) is 3.86. The molecule has 28 heavy (non-hydrogen) atoms. The van der Waals surface area contributed by atoms with Gasteiger partial charge in [-0.05, 0) is 38.8 Å². The number of hydrogen-bond acceptors (Lipinski definition) is 4. The number of aliphatic imine (C=N–C) groups is 1. The van der Waals surface area contributed by atoms with Crippen LogP contribution in [0.5, 0.6) is 5.75 Å². The summed E-state index contributed by atoms with van der Waals surface area (Å²) in [5.74, 6) is -0.528. The van der Waals surface area contributed by atoms with E-state index < -0.39 is 23.8 Å². The van der Waals surface area contributed by atoms with Gasteiger partial charge in [-0.1, -0.05) is 26.0 Å². The van der Waals surface area contributed by atoms with Crippen molar-refractivity contribution in [2.75, 3.05) is 11.9 Å². The summed E-state index contributed by atoms with van der Waals surface area (Å²) in [5.41, 5.74) is 5.15. The molecule has 1 aromatic carbocycles. The lowest BCUT2D eigenvalue weighted by Crippen LogP contribution is -2.44. The maximum Gasteiger partial charge on any atom is 0.573 e. The smallest absolute Gasteiger partial charge is 0.444 e. The Kier molecular flexibility index (Phi) is 7.95. The molecule has 7 nitrogen and oxygen atoms in total. The summed E-state index contributed by atoms with van der Waals surface area (Å²) in [6.07, 6.45) is -5.42. The second-order valence-electron chi connectivity index (χ2n) is 7.39. The molecule has 1 aromatic rings. The lowest BCUT2D eigenvalue weighted by Gasteiger charge is -2.25. The van der Waals surface area contributed by atoms with Crippen LogP contribution in [0.3, 0.4) is 0 Å². The van der Waals surface area contributed by atoms with Crippen LogP contribution in [0.25, 0.3) is 0 Å². The second-order valence-corrected chi connectivity index (χ2v) is 7.39. The first-order chi connectivity index (χ1) is 12.8. The number of guanidine groups is 1. The van der Waals surface area contributed by atoms with Crippen LogP contribution in [0, 0.1) is 5.92 Å². The van der Waals surface area contributed by atoms with E-state index in [4.69, 9.17) is 10.5 Å². The van der Waals surface area contributed by atoms with E-state index in [1.165, 1.54) is 18.2 Å². The van der Waals surface area contributed by atoms with E-state index >= 15 is 0 Å². The fourth-order valence-electron chi connectivity index (χ4n) is 2.04. The molecule has 4 N–H and O–H groups in total. The molecule has 158 valence electrons. The average molecular weight is 404 g/mol. The first-order valence-electron chi connectivity index (χ1n) is 8.68. The summed E-state index contributed by atoms with van der Waals surface area (Å²) in [4.78, 5) is 16.0. The van der Waals surface area contributed by atoms with Crippen LogP contribution in [-0.4, -0.2) is 36.6 Å². The number of halogens is 3. The molecule has 0 aromatic heterocycles. The van der Waals surface area contributed by atoms with Crippen LogP contribution in [0.4, 0.5) is 23.7 Å². The van der Waals surface area contributed by atoms with Crippen molar-refractivity contribution in [3.63, 3.8) is 0 Å². The molecule has 1 rings (SSSR count). The van der Waals surface area contributed by atoms with Gasteiger partial charge in [0.2, 0.25) is 0 Å². The zero-order chi connectivity index (χ0) is 21.5. The molecule has 1 amide bonds. The van der Waals surface area contributed by atoms with E-state index in [1.54, 1.807) is 20.8 Å². The highest BCUT2D eigenvalue weighted by atomic mass is 19.4. The number of nitrogens with two attached hydrogens (primary N) is 1. The molecule has 0 spiro atoms. The monoisotopic (exact) mass is 404 g/mol. The van der Waals surface area contributed by atoms with E-state index in [9.17, 15) is 18.0 Å². The van der Waals surface area contributed by atoms with Gasteiger partial charge in [0.15, 0.2) is 11.7 Å². The van der Waals surface area contributed by atoms with Crippen LogP contribution < -0.4 is 21.1 Å². The van der Waals surface area contributed by atoms with Gasteiger partial charge in [-0.15, -0.1) is 13.2 Å². The zero-order valence-corrected chi connectivity index (χ0v) is 16.6. The normalized spacial score (nSPS) is 13.8. The maximum atomic E-state index is 12.5. The summed E-state index contributed by atoms with van der Waals surface area (Å²) < 4.78 is 46.6. The fraction of sp³-hybridized carbons (Fsp3) is 0.556. The average Bonchev–Trinajstić information content (AvgIpc) is 2.50. The highest BCUT2D eigenvalue weighted by Crippen LogP contribution is 2.29. The molecular formula is C18H27F3N4O3. The van der Waals surface area contributed by atoms with Crippen molar-refractivity contribution in [3.8, 4) is 5.75 Å². The van der Waals surface area contributed by atoms with Crippen molar-refractivity contribution in [1.29, 1.82) is 0 Å². The van der Waals surface area contributed by atoms with Gasteiger partial charge in [0.1, 0.15) is 5.60 Å². The quantitative estimate of drug-likeness (QED) is 0.494. The molecule has 0 aliphatic rings. The van der Waals surface area contributed by atoms with Crippen molar-refractivity contribution in [2.45, 2.75) is 52.6 Å². The molecule has 1 unspecified atom stereocenters. The third kappa shape index (κ3) is 9.33. The highest BCUT2D eigenvalue weighted by molar-refractivity contribution is 5.93. The Morgan fingerprint density at radius 2 is 1.82 bits per heavy atom. The Morgan fingerprint density at radius 3 is 2.36 bits per heavy atom. The van der Waals surface area contributed by atoms with Crippen molar-refractivity contribution < 1.29 is 27.4 Å². The molecule has 0 saturated carbocycles. The third-order valence-corrected chi connectivity index (χ3v) is 3.34. The van der Waals surface area contributed by atoms with E-state index in [1.807, 2.05) is 13.8 Å². The predicted molar refractivity (Wildman–Crippen MR) is 101 cm³/mol. The van der Waals surface area contributed by atoms with E-state index in [-0.39, 0.29) is 30.2 Å². The largest absolute Gasteiger partial charge is 0.573 e. The molecule has 0 aliphatic heterocycles.